The molecule has 0 aliphatic heterocycles. The summed E-state index contributed by atoms with van der Waals surface area (Å²) in [4.78, 5) is 13.3. The molecular formula is C17H12N4S2. The molecule has 0 radical (unpaired) electrons. The first-order chi connectivity index (χ1) is 11.4. The van der Waals surface area contributed by atoms with Crippen molar-refractivity contribution in [2.24, 2.45) is 0 Å². The predicted octanol–water partition coefficient (Wildman–Crippen LogP) is 5.07. The van der Waals surface area contributed by atoms with E-state index in [-0.39, 0.29) is 0 Å². The van der Waals surface area contributed by atoms with E-state index in [0.717, 1.165) is 27.9 Å². The van der Waals surface area contributed by atoms with Crippen molar-refractivity contribution in [3.05, 3.63) is 64.9 Å². The van der Waals surface area contributed by atoms with Gasteiger partial charge in [-0.3, -0.25) is 0 Å². The Morgan fingerprint density at radius 2 is 1.87 bits per heavy atom. The summed E-state index contributed by atoms with van der Waals surface area (Å²) >= 11 is 3.26. The monoisotopic (exact) mass is 336 g/mol. The van der Waals surface area contributed by atoms with E-state index in [1.54, 1.807) is 28.9 Å². The maximum Gasteiger partial charge on any atom is 0.141 e. The molecule has 0 saturated heterocycles. The van der Waals surface area contributed by atoms with Gasteiger partial charge in [-0.2, -0.15) is 11.3 Å². The number of anilines is 2. The molecule has 4 aromatic heterocycles. The molecule has 0 amide bonds. The van der Waals surface area contributed by atoms with Crippen LogP contribution in [0.25, 0.3) is 21.8 Å². The average molecular weight is 336 g/mol. The Balaban J connectivity index is 1.55. The van der Waals surface area contributed by atoms with Gasteiger partial charge in [0.25, 0.3) is 0 Å². The highest BCUT2D eigenvalue weighted by molar-refractivity contribution is 7.13. The van der Waals surface area contributed by atoms with Crippen LogP contribution in [0.3, 0.4) is 0 Å². The maximum atomic E-state index is 4.58. The molecule has 6 heteroatoms. The fraction of sp³-hybridized carbons (Fsp3) is 0. The van der Waals surface area contributed by atoms with Gasteiger partial charge in [0.05, 0.1) is 0 Å². The van der Waals surface area contributed by atoms with Crippen molar-refractivity contribution in [2.75, 3.05) is 5.32 Å². The lowest BCUT2D eigenvalue weighted by molar-refractivity contribution is 1.24. The fourth-order valence-electron chi connectivity index (χ4n) is 2.17. The molecule has 0 atom stereocenters. The second-order valence-corrected chi connectivity index (χ2v) is 6.49. The quantitative estimate of drug-likeness (QED) is 0.565. The molecule has 0 spiro atoms. The number of rotatable bonds is 4. The molecule has 23 heavy (non-hydrogen) atoms. The van der Waals surface area contributed by atoms with Gasteiger partial charge in [0.2, 0.25) is 0 Å². The van der Waals surface area contributed by atoms with Crippen molar-refractivity contribution in [3.63, 3.8) is 0 Å². The molecule has 0 aromatic carbocycles. The van der Waals surface area contributed by atoms with E-state index in [9.17, 15) is 0 Å². The third kappa shape index (κ3) is 3.13. The smallest absolute Gasteiger partial charge is 0.141 e. The summed E-state index contributed by atoms with van der Waals surface area (Å²) < 4.78 is 0. The van der Waals surface area contributed by atoms with E-state index in [1.807, 2.05) is 35.8 Å². The van der Waals surface area contributed by atoms with E-state index in [4.69, 9.17) is 0 Å². The zero-order valence-corrected chi connectivity index (χ0v) is 13.6. The van der Waals surface area contributed by atoms with Crippen LogP contribution in [-0.2, 0) is 0 Å². The third-order valence-corrected chi connectivity index (χ3v) is 4.75. The van der Waals surface area contributed by atoms with Crippen molar-refractivity contribution in [1.82, 2.24) is 15.0 Å². The van der Waals surface area contributed by atoms with Gasteiger partial charge in [0, 0.05) is 23.3 Å². The number of pyridine rings is 2. The Morgan fingerprint density at radius 1 is 0.870 bits per heavy atom. The molecule has 0 bridgehead atoms. The standard InChI is InChI=1S/C17H12N4S2/c1-2-14(17-18-7-9-23-17)20-16(3-1)21-15-5-4-12(10-19-15)13-6-8-22-11-13/h1-11H,(H,19,20,21). The molecule has 4 rings (SSSR count). The summed E-state index contributed by atoms with van der Waals surface area (Å²) in [5.74, 6) is 1.53. The maximum absolute atomic E-state index is 4.58. The molecule has 4 nitrogen and oxygen atoms in total. The van der Waals surface area contributed by atoms with Gasteiger partial charge < -0.3 is 5.32 Å². The largest absolute Gasteiger partial charge is 0.325 e. The third-order valence-electron chi connectivity index (χ3n) is 3.27. The van der Waals surface area contributed by atoms with Crippen LogP contribution >= 0.6 is 22.7 Å². The fourth-order valence-corrected chi connectivity index (χ4v) is 3.44. The molecule has 1 N–H and O–H groups in total. The van der Waals surface area contributed by atoms with Gasteiger partial charge in [-0.15, -0.1) is 11.3 Å². The minimum absolute atomic E-state index is 0.758. The van der Waals surface area contributed by atoms with Crippen LogP contribution < -0.4 is 5.32 Å². The van der Waals surface area contributed by atoms with Crippen LogP contribution in [0.1, 0.15) is 0 Å². The van der Waals surface area contributed by atoms with Gasteiger partial charge in [0.1, 0.15) is 22.3 Å². The first-order valence-electron chi connectivity index (χ1n) is 7.01. The number of hydrogen-bond acceptors (Lipinski definition) is 6. The molecule has 112 valence electrons. The van der Waals surface area contributed by atoms with Crippen molar-refractivity contribution in [2.45, 2.75) is 0 Å². The van der Waals surface area contributed by atoms with E-state index in [0.29, 0.717) is 0 Å². The minimum Gasteiger partial charge on any atom is -0.325 e. The summed E-state index contributed by atoms with van der Waals surface area (Å²) in [5, 5.41) is 10.3. The second-order valence-electron chi connectivity index (χ2n) is 4.81. The van der Waals surface area contributed by atoms with E-state index in [1.165, 1.54) is 5.56 Å². The SMILES string of the molecule is c1cc(Nc2ccc(-c3ccsc3)cn2)nc(-c2nccs2)c1. The number of hydrogen-bond donors (Lipinski definition) is 1. The van der Waals surface area contributed by atoms with Crippen LogP contribution in [0.2, 0.25) is 0 Å². The molecule has 0 aliphatic rings. The molecule has 0 saturated carbocycles. The minimum atomic E-state index is 0.758. The molecule has 0 aliphatic carbocycles. The topological polar surface area (TPSA) is 50.7 Å². The summed E-state index contributed by atoms with van der Waals surface area (Å²) in [6.45, 7) is 0. The van der Waals surface area contributed by atoms with Crippen LogP contribution in [0.4, 0.5) is 11.6 Å². The summed E-state index contributed by atoms with van der Waals surface area (Å²) in [6.07, 6.45) is 3.65. The Labute approximate surface area is 141 Å². The highest BCUT2D eigenvalue weighted by Crippen LogP contribution is 2.24. The first-order valence-corrected chi connectivity index (χ1v) is 8.83. The zero-order chi connectivity index (χ0) is 15.5. The van der Waals surface area contributed by atoms with E-state index < -0.39 is 0 Å². The number of nitrogens with zero attached hydrogens (tertiary/aromatic N) is 3. The van der Waals surface area contributed by atoms with Crippen LogP contribution in [0.5, 0.6) is 0 Å². The Hall–Kier alpha value is -2.57. The van der Waals surface area contributed by atoms with Crippen molar-refractivity contribution in [3.8, 4) is 21.8 Å². The molecule has 4 heterocycles. The van der Waals surface area contributed by atoms with Crippen molar-refractivity contribution in [1.29, 1.82) is 0 Å². The Morgan fingerprint density at radius 3 is 2.61 bits per heavy atom. The predicted molar refractivity (Wildman–Crippen MR) is 96.2 cm³/mol. The Kier molecular flexibility index (Phi) is 3.83. The van der Waals surface area contributed by atoms with Crippen LogP contribution in [0, 0.1) is 0 Å². The van der Waals surface area contributed by atoms with Gasteiger partial charge >= 0.3 is 0 Å². The highest BCUT2D eigenvalue weighted by atomic mass is 32.1. The van der Waals surface area contributed by atoms with Crippen molar-refractivity contribution >= 4 is 34.3 Å². The lowest BCUT2D eigenvalue weighted by Gasteiger charge is -2.06. The number of thiazole rings is 1. The van der Waals surface area contributed by atoms with E-state index in [2.05, 4.69) is 43.2 Å². The van der Waals surface area contributed by atoms with E-state index >= 15 is 0 Å². The summed E-state index contributed by atoms with van der Waals surface area (Å²) in [6, 6.07) is 12.0. The first kappa shape index (κ1) is 14.0. The number of nitrogens with one attached hydrogen (secondary N) is 1. The zero-order valence-electron chi connectivity index (χ0n) is 12.0. The summed E-state index contributed by atoms with van der Waals surface area (Å²) in [7, 11) is 0. The second kappa shape index (κ2) is 6.28. The molecule has 0 fully saturated rings. The normalized spacial score (nSPS) is 10.6. The Bertz CT molecular complexity index is 885. The number of thiophene rings is 1. The van der Waals surface area contributed by atoms with Gasteiger partial charge in [-0.05, 0) is 46.7 Å². The van der Waals surface area contributed by atoms with Gasteiger partial charge in [0.15, 0.2) is 0 Å². The highest BCUT2D eigenvalue weighted by Gasteiger charge is 2.05. The van der Waals surface area contributed by atoms with Crippen LogP contribution in [0.15, 0.2) is 64.9 Å². The molecule has 0 unspecified atom stereocenters. The van der Waals surface area contributed by atoms with Crippen molar-refractivity contribution < 1.29 is 0 Å². The molecule has 4 aromatic rings. The summed E-state index contributed by atoms with van der Waals surface area (Å²) in [5.41, 5.74) is 3.17. The average Bonchev–Trinajstić information content (AvgIpc) is 3.30. The van der Waals surface area contributed by atoms with Gasteiger partial charge in [-0.1, -0.05) is 6.07 Å². The lowest BCUT2D eigenvalue weighted by atomic mass is 10.1. The lowest BCUT2D eigenvalue weighted by Crippen LogP contribution is -1.96. The molecular weight excluding hydrogens is 324 g/mol. The van der Waals surface area contributed by atoms with Crippen LogP contribution in [-0.4, -0.2) is 15.0 Å². The number of aromatic nitrogens is 3. The van der Waals surface area contributed by atoms with Gasteiger partial charge in [-0.25, -0.2) is 15.0 Å².